The Balaban J connectivity index is 1.68. The molecule has 0 atom stereocenters. The quantitative estimate of drug-likeness (QED) is 0.553. The van der Waals surface area contributed by atoms with E-state index < -0.39 is 21.9 Å². The lowest BCUT2D eigenvalue weighted by Crippen LogP contribution is -2.45. The lowest BCUT2D eigenvalue weighted by Gasteiger charge is -2.33. The van der Waals surface area contributed by atoms with Crippen LogP contribution in [0.15, 0.2) is 53.4 Å². The predicted molar refractivity (Wildman–Crippen MR) is 122 cm³/mol. The molecule has 33 heavy (non-hydrogen) atoms. The fraction of sp³-hybridized carbons (Fsp3) is 0.348. The molecule has 1 fully saturated rings. The van der Waals surface area contributed by atoms with Gasteiger partial charge in [0.1, 0.15) is 6.54 Å². The van der Waals surface area contributed by atoms with E-state index in [9.17, 15) is 18.0 Å². The number of methoxy groups -OCH3 is 1. The highest BCUT2D eigenvalue weighted by Gasteiger charge is 2.34. The second-order valence-electron chi connectivity index (χ2n) is 7.71. The van der Waals surface area contributed by atoms with E-state index in [0.29, 0.717) is 23.4 Å². The normalized spacial score (nSPS) is 14.9. The molecule has 0 unspecified atom stereocenters. The minimum Gasteiger partial charge on any atom is -0.468 e. The number of halogens is 1. The Morgan fingerprint density at radius 2 is 1.73 bits per heavy atom. The monoisotopic (exact) mass is 489 g/mol. The van der Waals surface area contributed by atoms with Gasteiger partial charge in [-0.3, -0.25) is 9.59 Å². The largest absolute Gasteiger partial charge is 0.468 e. The molecule has 1 amide bonds. The second-order valence-corrected chi connectivity index (χ2v) is 10.1. The number of carbonyl (C=O) groups is 2. The summed E-state index contributed by atoms with van der Waals surface area (Å²) in [6.45, 7) is 0.397. The van der Waals surface area contributed by atoms with Gasteiger partial charge in [-0.15, -0.1) is 0 Å². The molecular formula is C23H24ClN3O5S. The predicted octanol–water partition coefficient (Wildman–Crippen LogP) is 2.81. The molecule has 1 heterocycles. The first-order valence-corrected chi connectivity index (χ1v) is 12.2. The minimum atomic E-state index is -3.72. The number of piperidine rings is 1. The molecule has 174 valence electrons. The molecule has 0 bridgehead atoms. The van der Waals surface area contributed by atoms with Gasteiger partial charge in [0, 0.05) is 30.6 Å². The molecule has 10 heteroatoms. The molecule has 2 aromatic rings. The van der Waals surface area contributed by atoms with E-state index >= 15 is 0 Å². The van der Waals surface area contributed by atoms with Crippen molar-refractivity contribution in [2.45, 2.75) is 24.3 Å². The molecule has 2 aromatic carbocycles. The van der Waals surface area contributed by atoms with Gasteiger partial charge < -0.3 is 9.64 Å². The summed E-state index contributed by atoms with van der Waals surface area (Å²) in [4.78, 5) is 26.7. The van der Waals surface area contributed by atoms with E-state index in [1.807, 2.05) is 6.07 Å². The molecule has 0 aliphatic carbocycles. The Morgan fingerprint density at radius 3 is 2.27 bits per heavy atom. The number of nitriles is 1. The summed E-state index contributed by atoms with van der Waals surface area (Å²) in [5.74, 6) is -1.15. The Kier molecular flexibility index (Phi) is 8.08. The van der Waals surface area contributed by atoms with Gasteiger partial charge >= 0.3 is 5.97 Å². The van der Waals surface area contributed by atoms with Crippen molar-refractivity contribution in [3.8, 4) is 6.07 Å². The Morgan fingerprint density at radius 1 is 1.12 bits per heavy atom. The lowest BCUT2D eigenvalue weighted by atomic mass is 9.96. The number of rotatable bonds is 7. The lowest BCUT2D eigenvalue weighted by molar-refractivity contribution is -0.149. The van der Waals surface area contributed by atoms with Crippen molar-refractivity contribution in [1.29, 1.82) is 5.26 Å². The van der Waals surface area contributed by atoms with Gasteiger partial charge in [0.05, 0.1) is 23.6 Å². The van der Waals surface area contributed by atoms with Crippen molar-refractivity contribution in [3.05, 3.63) is 64.7 Å². The fourth-order valence-corrected chi connectivity index (χ4v) is 5.29. The first kappa shape index (κ1) is 24.7. The Labute approximate surface area is 198 Å². The zero-order valence-corrected chi connectivity index (χ0v) is 19.7. The number of esters is 1. The smallest absolute Gasteiger partial charge is 0.325 e. The highest BCUT2D eigenvalue weighted by molar-refractivity contribution is 7.89. The third-order valence-corrected chi connectivity index (χ3v) is 7.74. The average Bonchev–Trinajstić information content (AvgIpc) is 2.84. The van der Waals surface area contributed by atoms with Gasteiger partial charge in [-0.05, 0) is 54.8 Å². The van der Waals surface area contributed by atoms with Crippen LogP contribution in [0.2, 0.25) is 5.02 Å². The first-order valence-electron chi connectivity index (χ1n) is 10.3. The molecule has 0 aromatic heterocycles. The van der Waals surface area contributed by atoms with Gasteiger partial charge in [0.2, 0.25) is 15.9 Å². The Bertz CT molecular complexity index is 1140. The number of nitrogens with zero attached hydrogens (tertiary/aromatic N) is 3. The van der Waals surface area contributed by atoms with Crippen LogP contribution in [0, 0.1) is 17.2 Å². The van der Waals surface area contributed by atoms with Crippen LogP contribution in [0.25, 0.3) is 0 Å². The maximum Gasteiger partial charge on any atom is 0.325 e. The molecule has 1 aliphatic heterocycles. The highest BCUT2D eigenvalue weighted by atomic mass is 35.5. The van der Waals surface area contributed by atoms with Crippen molar-refractivity contribution in [3.63, 3.8) is 0 Å². The van der Waals surface area contributed by atoms with E-state index in [1.165, 1.54) is 40.6 Å². The van der Waals surface area contributed by atoms with E-state index in [-0.39, 0.29) is 37.0 Å². The maximum atomic E-state index is 13.2. The Hall–Kier alpha value is -2.93. The van der Waals surface area contributed by atoms with Crippen LogP contribution < -0.4 is 0 Å². The molecule has 0 radical (unpaired) electrons. The summed E-state index contributed by atoms with van der Waals surface area (Å²) in [7, 11) is -2.46. The van der Waals surface area contributed by atoms with Crippen LogP contribution in [-0.4, -0.2) is 56.2 Å². The van der Waals surface area contributed by atoms with Gasteiger partial charge in [-0.1, -0.05) is 23.7 Å². The number of hydrogen-bond acceptors (Lipinski definition) is 6. The zero-order valence-electron chi connectivity index (χ0n) is 18.1. The number of amides is 1. The van der Waals surface area contributed by atoms with E-state index in [1.54, 1.807) is 24.3 Å². The van der Waals surface area contributed by atoms with Crippen molar-refractivity contribution in [2.75, 3.05) is 26.7 Å². The van der Waals surface area contributed by atoms with Crippen LogP contribution in [0.5, 0.6) is 0 Å². The SMILES string of the molecule is COC(=O)CN(Cc1ccc(Cl)cc1)C(=O)C1CCN(S(=O)(=O)c2ccc(C#N)cc2)CC1. The van der Waals surface area contributed by atoms with Crippen LogP contribution in [0.4, 0.5) is 0 Å². The van der Waals surface area contributed by atoms with Gasteiger partial charge in [-0.2, -0.15) is 9.57 Å². The van der Waals surface area contributed by atoms with Crippen LogP contribution >= 0.6 is 11.6 Å². The number of hydrogen-bond donors (Lipinski definition) is 0. The zero-order chi connectivity index (χ0) is 24.0. The average molecular weight is 490 g/mol. The van der Waals surface area contributed by atoms with E-state index in [2.05, 4.69) is 0 Å². The third kappa shape index (κ3) is 6.11. The fourth-order valence-electron chi connectivity index (χ4n) is 3.69. The van der Waals surface area contributed by atoms with E-state index in [0.717, 1.165) is 5.56 Å². The molecule has 0 spiro atoms. The molecule has 0 N–H and O–H groups in total. The summed E-state index contributed by atoms with van der Waals surface area (Å²) in [5, 5.41) is 9.47. The van der Waals surface area contributed by atoms with Crippen molar-refractivity contribution >= 4 is 33.5 Å². The summed E-state index contributed by atoms with van der Waals surface area (Å²) in [6, 6.07) is 14.7. The van der Waals surface area contributed by atoms with Gasteiger partial charge in [-0.25, -0.2) is 8.42 Å². The topological polar surface area (TPSA) is 108 Å². The van der Waals surface area contributed by atoms with Crippen molar-refractivity contribution in [1.82, 2.24) is 9.21 Å². The van der Waals surface area contributed by atoms with Gasteiger partial charge in [0.15, 0.2) is 0 Å². The number of benzene rings is 2. The second kappa shape index (κ2) is 10.8. The maximum absolute atomic E-state index is 13.2. The van der Waals surface area contributed by atoms with Crippen LogP contribution in [-0.2, 0) is 30.9 Å². The van der Waals surface area contributed by atoms with Crippen LogP contribution in [0.3, 0.4) is 0 Å². The van der Waals surface area contributed by atoms with Gasteiger partial charge in [0.25, 0.3) is 0 Å². The third-order valence-electron chi connectivity index (χ3n) is 5.57. The minimum absolute atomic E-state index is 0.112. The molecule has 3 rings (SSSR count). The van der Waals surface area contributed by atoms with E-state index in [4.69, 9.17) is 21.6 Å². The molecule has 1 aliphatic rings. The summed E-state index contributed by atoms with van der Waals surface area (Å²) >= 11 is 5.93. The standard InChI is InChI=1S/C23H24ClN3O5S/c1-32-22(28)16-26(15-18-2-6-20(24)7-3-18)23(29)19-10-12-27(13-11-19)33(30,31)21-8-4-17(14-25)5-9-21/h2-9,19H,10-13,15-16H2,1H3. The number of ether oxygens (including phenoxy) is 1. The van der Waals surface area contributed by atoms with Crippen molar-refractivity contribution < 1.29 is 22.7 Å². The first-order chi connectivity index (χ1) is 15.7. The molecule has 8 nitrogen and oxygen atoms in total. The molecule has 0 saturated carbocycles. The van der Waals surface area contributed by atoms with Crippen LogP contribution in [0.1, 0.15) is 24.0 Å². The summed E-state index contributed by atoms with van der Waals surface area (Å²) in [5.41, 5.74) is 1.20. The molecular weight excluding hydrogens is 466 g/mol. The summed E-state index contributed by atoms with van der Waals surface area (Å²) < 4.78 is 31.9. The number of carbonyl (C=O) groups excluding carboxylic acids is 2. The summed E-state index contributed by atoms with van der Waals surface area (Å²) in [6.07, 6.45) is 0.680. The molecule has 1 saturated heterocycles. The number of sulfonamides is 1. The highest BCUT2D eigenvalue weighted by Crippen LogP contribution is 2.26. The van der Waals surface area contributed by atoms with Crippen molar-refractivity contribution in [2.24, 2.45) is 5.92 Å².